The van der Waals surface area contributed by atoms with Crippen LogP contribution in [0.1, 0.15) is 16.2 Å². The fourth-order valence-electron chi connectivity index (χ4n) is 1.09. The van der Waals surface area contributed by atoms with Gasteiger partial charge in [-0.05, 0) is 24.3 Å². The van der Waals surface area contributed by atoms with Crippen LogP contribution in [-0.2, 0) is 6.54 Å². The third-order valence-corrected chi connectivity index (χ3v) is 1.80. The summed E-state index contributed by atoms with van der Waals surface area (Å²) in [5.41, 5.74) is 0.706. The summed E-state index contributed by atoms with van der Waals surface area (Å²) in [6, 6.07) is 6.82. The van der Waals surface area contributed by atoms with Crippen molar-refractivity contribution in [1.82, 2.24) is 15.5 Å². The highest BCUT2D eigenvalue weighted by molar-refractivity contribution is 5.91. The van der Waals surface area contributed by atoms with E-state index in [1.54, 1.807) is 30.5 Å². The van der Waals surface area contributed by atoms with E-state index in [2.05, 4.69) is 15.5 Å². The average molecular weight is 203 g/mol. The summed E-state index contributed by atoms with van der Waals surface area (Å²) in [4.78, 5) is 11.4. The Bertz CT molecular complexity index is 425. The molecule has 0 aliphatic rings. The van der Waals surface area contributed by atoms with E-state index in [-0.39, 0.29) is 5.91 Å². The van der Waals surface area contributed by atoms with Crippen LogP contribution in [0.25, 0.3) is 0 Å². The molecule has 0 unspecified atom stereocenters. The molecule has 5 nitrogen and oxygen atoms in total. The van der Waals surface area contributed by atoms with E-state index < -0.39 is 0 Å². The van der Waals surface area contributed by atoms with Crippen molar-refractivity contribution in [2.45, 2.75) is 6.54 Å². The number of carbonyl (C=O) groups excluding carboxylic acids is 1. The topological polar surface area (TPSA) is 68.0 Å². The fraction of sp³-hybridized carbons (Fsp3) is 0.100. The summed E-state index contributed by atoms with van der Waals surface area (Å²) in [5, 5.41) is 10.2. The number of carbonyl (C=O) groups is 1. The lowest BCUT2D eigenvalue weighted by Gasteiger charge is -2.00. The predicted octanol–water partition coefficient (Wildman–Crippen LogP) is 1.000. The van der Waals surface area contributed by atoms with E-state index in [1.165, 1.54) is 6.26 Å². The third-order valence-electron chi connectivity index (χ3n) is 1.80. The quantitative estimate of drug-likeness (QED) is 0.808. The summed E-state index contributed by atoms with van der Waals surface area (Å²) in [6.07, 6.45) is 3.04. The Kier molecular flexibility index (Phi) is 2.73. The van der Waals surface area contributed by atoms with Gasteiger partial charge in [0.25, 0.3) is 5.91 Å². The second-order valence-electron chi connectivity index (χ2n) is 2.87. The van der Waals surface area contributed by atoms with Crippen molar-refractivity contribution in [2.24, 2.45) is 0 Å². The molecule has 2 aromatic heterocycles. The molecule has 0 aromatic carbocycles. The number of rotatable bonds is 3. The first-order valence-corrected chi connectivity index (χ1v) is 4.44. The highest BCUT2D eigenvalue weighted by Gasteiger charge is 2.07. The lowest BCUT2D eigenvalue weighted by molar-refractivity contribution is 0.0922. The molecule has 0 radical (unpaired) electrons. The number of nitrogens with one attached hydrogen (secondary N) is 1. The molecular weight excluding hydrogens is 194 g/mol. The van der Waals surface area contributed by atoms with E-state index in [1.807, 2.05) is 0 Å². The van der Waals surface area contributed by atoms with Gasteiger partial charge in [0.2, 0.25) is 0 Å². The van der Waals surface area contributed by atoms with Crippen molar-refractivity contribution in [3.05, 3.63) is 48.2 Å². The van der Waals surface area contributed by atoms with Crippen LogP contribution in [0.5, 0.6) is 0 Å². The van der Waals surface area contributed by atoms with Gasteiger partial charge in [-0.15, -0.1) is 0 Å². The number of aromatic nitrogens is 2. The first-order valence-electron chi connectivity index (χ1n) is 4.44. The second kappa shape index (κ2) is 4.36. The van der Waals surface area contributed by atoms with Crippen molar-refractivity contribution < 1.29 is 9.21 Å². The standard InChI is InChI=1S/C10H9N3O2/c14-10(9-4-2-6-15-9)11-7-8-3-1-5-12-13-8/h1-6H,7H2,(H,11,14). The minimum Gasteiger partial charge on any atom is -0.459 e. The fourth-order valence-corrected chi connectivity index (χ4v) is 1.09. The monoisotopic (exact) mass is 203 g/mol. The normalized spacial score (nSPS) is 9.87. The molecule has 0 spiro atoms. The molecule has 76 valence electrons. The zero-order chi connectivity index (χ0) is 10.5. The third kappa shape index (κ3) is 2.40. The van der Waals surface area contributed by atoms with Crippen LogP contribution in [0.15, 0.2) is 41.1 Å². The number of hydrogen-bond acceptors (Lipinski definition) is 4. The maximum absolute atomic E-state index is 11.4. The summed E-state index contributed by atoms with van der Waals surface area (Å²) in [7, 11) is 0. The minimum absolute atomic E-state index is 0.259. The second-order valence-corrected chi connectivity index (χ2v) is 2.87. The molecule has 5 heteroatoms. The number of hydrogen-bond donors (Lipinski definition) is 1. The SMILES string of the molecule is O=C(NCc1cccnn1)c1ccco1. The van der Waals surface area contributed by atoms with Crippen molar-refractivity contribution in [1.29, 1.82) is 0 Å². The summed E-state index contributed by atoms with van der Waals surface area (Å²) in [5.74, 6) is 0.0320. The van der Waals surface area contributed by atoms with Crippen molar-refractivity contribution in [3.8, 4) is 0 Å². The molecular formula is C10H9N3O2. The molecule has 0 atom stereocenters. The maximum atomic E-state index is 11.4. The van der Waals surface area contributed by atoms with Crippen LogP contribution < -0.4 is 5.32 Å². The van der Waals surface area contributed by atoms with Crippen LogP contribution >= 0.6 is 0 Å². The summed E-state index contributed by atoms with van der Waals surface area (Å²) < 4.78 is 4.94. The highest BCUT2D eigenvalue weighted by atomic mass is 16.3. The lowest BCUT2D eigenvalue weighted by Crippen LogP contribution is -2.22. The van der Waals surface area contributed by atoms with Gasteiger partial charge >= 0.3 is 0 Å². The molecule has 0 aliphatic heterocycles. The van der Waals surface area contributed by atoms with Crippen LogP contribution in [0, 0.1) is 0 Å². The van der Waals surface area contributed by atoms with E-state index in [0.29, 0.717) is 18.0 Å². The number of furan rings is 1. The molecule has 1 amide bonds. The molecule has 0 aliphatic carbocycles. The summed E-state index contributed by atoms with van der Waals surface area (Å²) in [6.45, 7) is 0.341. The first kappa shape index (κ1) is 9.39. The largest absolute Gasteiger partial charge is 0.459 e. The number of amides is 1. The van der Waals surface area contributed by atoms with Crippen LogP contribution in [0.4, 0.5) is 0 Å². The van der Waals surface area contributed by atoms with E-state index in [4.69, 9.17) is 4.42 Å². The van der Waals surface area contributed by atoms with Crippen LogP contribution in [0.3, 0.4) is 0 Å². The van der Waals surface area contributed by atoms with Gasteiger partial charge in [0.1, 0.15) is 0 Å². The highest BCUT2D eigenvalue weighted by Crippen LogP contribution is 1.99. The van der Waals surface area contributed by atoms with Crippen LogP contribution in [0.2, 0.25) is 0 Å². The van der Waals surface area contributed by atoms with Gasteiger partial charge < -0.3 is 9.73 Å². The average Bonchev–Trinajstić information content (AvgIpc) is 2.81. The lowest BCUT2D eigenvalue weighted by atomic mass is 10.3. The van der Waals surface area contributed by atoms with Gasteiger partial charge in [0.15, 0.2) is 5.76 Å². The van der Waals surface area contributed by atoms with Gasteiger partial charge in [0, 0.05) is 6.20 Å². The van der Waals surface area contributed by atoms with Crippen molar-refractivity contribution >= 4 is 5.91 Å². The molecule has 1 N–H and O–H groups in total. The Morgan fingerprint density at radius 1 is 1.40 bits per heavy atom. The molecule has 0 saturated carbocycles. The molecule has 2 rings (SSSR count). The smallest absolute Gasteiger partial charge is 0.287 e. The van der Waals surface area contributed by atoms with Gasteiger partial charge in [-0.2, -0.15) is 10.2 Å². The molecule has 0 saturated heterocycles. The number of nitrogens with zero attached hydrogens (tertiary/aromatic N) is 2. The van der Waals surface area contributed by atoms with Gasteiger partial charge in [-0.1, -0.05) is 0 Å². The van der Waals surface area contributed by atoms with Crippen molar-refractivity contribution in [2.75, 3.05) is 0 Å². The molecule has 2 heterocycles. The molecule has 15 heavy (non-hydrogen) atoms. The van der Waals surface area contributed by atoms with Gasteiger partial charge in [-0.25, -0.2) is 0 Å². The predicted molar refractivity (Wildman–Crippen MR) is 51.9 cm³/mol. The Hall–Kier alpha value is -2.17. The Balaban J connectivity index is 1.92. The molecule has 2 aromatic rings. The van der Waals surface area contributed by atoms with E-state index >= 15 is 0 Å². The molecule has 0 fully saturated rings. The van der Waals surface area contributed by atoms with E-state index in [9.17, 15) is 4.79 Å². The Labute approximate surface area is 86.1 Å². The van der Waals surface area contributed by atoms with Crippen LogP contribution in [-0.4, -0.2) is 16.1 Å². The first-order chi connectivity index (χ1) is 7.36. The van der Waals surface area contributed by atoms with Crippen molar-refractivity contribution in [3.63, 3.8) is 0 Å². The zero-order valence-corrected chi connectivity index (χ0v) is 7.88. The van der Waals surface area contributed by atoms with Gasteiger partial charge in [-0.3, -0.25) is 4.79 Å². The minimum atomic E-state index is -0.259. The zero-order valence-electron chi connectivity index (χ0n) is 7.88. The Morgan fingerprint density at radius 2 is 2.33 bits per heavy atom. The van der Waals surface area contributed by atoms with E-state index in [0.717, 1.165) is 0 Å². The Morgan fingerprint density at radius 3 is 3.00 bits per heavy atom. The summed E-state index contributed by atoms with van der Waals surface area (Å²) >= 11 is 0. The van der Waals surface area contributed by atoms with Gasteiger partial charge in [0.05, 0.1) is 18.5 Å². The molecule has 0 bridgehead atoms. The maximum Gasteiger partial charge on any atom is 0.287 e.